The van der Waals surface area contributed by atoms with E-state index < -0.39 is 11.7 Å². The molecule has 0 unspecified atom stereocenters. The average Bonchev–Trinajstić information content (AvgIpc) is 3.14. The molecule has 30 heavy (non-hydrogen) atoms. The minimum atomic E-state index is -0.581. The molecule has 7 nitrogen and oxygen atoms in total. The van der Waals surface area contributed by atoms with Gasteiger partial charge in [0, 0.05) is 12.2 Å². The number of aromatic nitrogens is 3. The van der Waals surface area contributed by atoms with Gasteiger partial charge in [-0.3, -0.25) is 9.59 Å². The third-order valence-electron chi connectivity index (χ3n) is 4.30. The Kier molecular flexibility index (Phi) is 7.18. The number of hydrogen-bond donors (Lipinski definition) is 2. The van der Waals surface area contributed by atoms with Crippen LogP contribution in [-0.4, -0.2) is 32.3 Å². The number of carbonyl (C=O) groups excluding carboxylic acids is 2. The number of nitrogens with one attached hydrogen (secondary N) is 2. The monoisotopic (exact) mass is 427 g/mol. The Labute approximate surface area is 178 Å². The van der Waals surface area contributed by atoms with Crippen LogP contribution in [0, 0.1) is 12.7 Å². The highest BCUT2D eigenvalue weighted by Crippen LogP contribution is 2.18. The van der Waals surface area contributed by atoms with Crippen LogP contribution in [0.1, 0.15) is 28.7 Å². The third-order valence-corrected chi connectivity index (χ3v) is 5.27. The van der Waals surface area contributed by atoms with Gasteiger partial charge in [-0.15, -0.1) is 10.2 Å². The number of amides is 2. The second kappa shape index (κ2) is 10.0. The average molecular weight is 428 g/mol. The number of anilines is 1. The summed E-state index contributed by atoms with van der Waals surface area (Å²) in [6.07, 6.45) is 0. The molecular weight excluding hydrogens is 405 g/mol. The molecule has 1 aromatic heterocycles. The van der Waals surface area contributed by atoms with E-state index in [-0.39, 0.29) is 23.8 Å². The quantitative estimate of drug-likeness (QED) is 0.538. The molecule has 0 fully saturated rings. The van der Waals surface area contributed by atoms with E-state index in [4.69, 9.17) is 0 Å². The predicted octanol–water partition coefficient (Wildman–Crippen LogP) is 3.41. The number of halogens is 1. The minimum Gasteiger partial charge on any atom is -0.345 e. The molecule has 2 amide bonds. The molecule has 0 aliphatic carbocycles. The van der Waals surface area contributed by atoms with Gasteiger partial charge in [0.05, 0.1) is 17.9 Å². The number of aryl methyl sites for hydroxylation is 1. The number of thioether (sulfide) groups is 1. The molecule has 0 aliphatic rings. The Morgan fingerprint density at radius 3 is 2.53 bits per heavy atom. The maximum atomic E-state index is 13.7. The standard InChI is InChI=1S/C21H22FN5O2S/c1-3-27-18(12-23-20(29)16-6-4-5-7-17(16)22)25-26-21(27)30-13-19(28)24-15-10-8-14(2)9-11-15/h4-11H,3,12-13H2,1-2H3,(H,23,29)(H,24,28). The smallest absolute Gasteiger partial charge is 0.254 e. The molecule has 0 aliphatic heterocycles. The lowest BCUT2D eigenvalue weighted by atomic mass is 10.2. The lowest BCUT2D eigenvalue weighted by Gasteiger charge is -2.09. The summed E-state index contributed by atoms with van der Waals surface area (Å²) in [7, 11) is 0. The molecule has 156 valence electrons. The van der Waals surface area contributed by atoms with Crippen LogP contribution in [0.4, 0.5) is 10.1 Å². The first-order valence-electron chi connectivity index (χ1n) is 9.42. The van der Waals surface area contributed by atoms with Gasteiger partial charge in [0.15, 0.2) is 11.0 Å². The zero-order valence-electron chi connectivity index (χ0n) is 16.7. The van der Waals surface area contributed by atoms with E-state index >= 15 is 0 Å². The molecule has 0 radical (unpaired) electrons. The Balaban J connectivity index is 1.57. The Morgan fingerprint density at radius 2 is 1.83 bits per heavy atom. The summed E-state index contributed by atoms with van der Waals surface area (Å²) in [6, 6.07) is 13.3. The molecule has 0 bridgehead atoms. The van der Waals surface area contributed by atoms with Crippen molar-refractivity contribution in [1.29, 1.82) is 0 Å². The Hall–Kier alpha value is -3.20. The fourth-order valence-corrected chi connectivity index (χ4v) is 3.56. The van der Waals surface area contributed by atoms with Crippen LogP contribution in [0.15, 0.2) is 53.7 Å². The van der Waals surface area contributed by atoms with Gasteiger partial charge in [0.1, 0.15) is 5.82 Å². The van der Waals surface area contributed by atoms with Gasteiger partial charge >= 0.3 is 0 Å². The summed E-state index contributed by atoms with van der Waals surface area (Å²) in [5.41, 5.74) is 1.83. The van der Waals surface area contributed by atoms with Crippen molar-refractivity contribution in [3.05, 3.63) is 71.3 Å². The number of nitrogens with zero attached hydrogens (tertiary/aromatic N) is 3. The highest BCUT2D eigenvalue weighted by molar-refractivity contribution is 7.99. The Morgan fingerprint density at radius 1 is 1.10 bits per heavy atom. The van der Waals surface area contributed by atoms with E-state index in [2.05, 4.69) is 20.8 Å². The van der Waals surface area contributed by atoms with Gasteiger partial charge in [-0.2, -0.15) is 0 Å². The number of benzene rings is 2. The molecular formula is C21H22FN5O2S. The van der Waals surface area contributed by atoms with Crippen molar-refractivity contribution in [3.8, 4) is 0 Å². The van der Waals surface area contributed by atoms with Gasteiger partial charge in [-0.1, -0.05) is 41.6 Å². The van der Waals surface area contributed by atoms with Crippen molar-refractivity contribution in [1.82, 2.24) is 20.1 Å². The van der Waals surface area contributed by atoms with Gasteiger partial charge in [0.2, 0.25) is 5.91 Å². The molecule has 0 saturated carbocycles. The fraction of sp³-hybridized carbons (Fsp3) is 0.238. The van der Waals surface area contributed by atoms with Crippen LogP contribution in [0.2, 0.25) is 0 Å². The first-order chi connectivity index (χ1) is 14.5. The second-order valence-electron chi connectivity index (χ2n) is 6.51. The lowest BCUT2D eigenvalue weighted by molar-refractivity contribution is -0.113. The van der Waals surface area contributed by atoms with Crippen molar-refractivity contribution in [2.45, 2.75) is 32.1 Å². The number of hydrogen-bond acceptors (Lipinski definition) is 5. The first kappa shape index (κ1) is 21.5. The molecule has 0 atom stereocenters. The third kappa shape index (κ3) is 5.44. The normalized spacial score (nSPS) is 10.6. The summed E-state index contributed by atoms with van der Waals surface area (Å²) in [4.78, 5) is 24.4. The van der Waals surface area contributed by atoms with Crippen LogP contribution in [0.25, 0.3) is 0 Å². The second-order valence-corrected chi connectivity index (χ2v) is 7.45. The lowest BCUT2D eigenvalue weighted by Crippen LogP contribution is -2.25. The maximum Gasteiger partial charge on any atom is 0.254 e. The highest BCUT2D eigenvalue weighted by atomic mass is 32.2. The summed E-state index contributed by atoms with van der Waals surface area (Å²) in [5, 5.41) is 14.3. The fourth-order valence-electron chi connectivity index (χ4n) is 2.74. The van der Waals surface area contributed by atoms with Crippen molar-refractivity contribution in [2.24, 2.45) is 0 Å². The predicted molar refractivity (Wildman–Crippen MR) is 114 cm³/mol. The largest absolute Gasteiger partial charge is 0.345 e. The molecule has 3 aromatic rings. The van der Waals surface area contributed by atoms with E-state index in [9.17, 15) is 14.0 Å². The SMILES string of the molecule is CCn1c(CNC(=O)c2ccccc2F)nnc1SCC(=O)Nc1ccc(C)cc1. The van der Waals surface area contributed by atoms with Crippen molar-refractivity contribution < 1.29 is 14.0 Å². The highest BCUT2D eigenvalue weighted by Gasteiger charge is 2.16. The van der Waals surface area contributed by atoms with Gasteiger partial charge in [-0.05, 0) is 38.1 Å². The molecule has 1 heterocycles. The maximum absolute atomic E-state index is 13.7. The van der Waals surface area contributed by atoms with Gasteiger partial charge < -0.3 is 15.2 Å². The van der Waals surface area contributed by atoms with Crippen LogP contribution in [-0.2, 0) is 17.9 Å². The van der Waals surface area contributed by atoms with E-state index in [1.165, 1.54) is 30.0 Å². The molecule has 0 saturated heterocycles. The molecule has 3 rings (SSSR count). The van der Waals surface area contributed by atoms with E-state index in [1.54, 1.807) is 6.07 Å². The van der Waals surface area contributed by atoms with Gasteiger partial charge in [0.25, 0.3) is 5.91 Å². The summed E-state index contributed by atoms with van der Waals surface area (Å²) in [6.45, 7) is 4.57. The number of carbonyl (C=O) groups is 2. The van der Waals surface area contributed by atoms with E-state index in [0.717, 1.165) is 11.3 Å². The molecule has 0 spiro atoms. The molecule has 2 aromatic carbocycles. The topological polar surface area (TPSA) is 88.9 Å². The van der Waals surface area contributed by atoms with Crippen LogP contribution >= 0.6 is 11.8 Å². The molecule has 2 N–H and O–H groups in total. The Bertz CT molecular complexity index is 1040. The van der Waals surface area contributed by atoms with Gasteiger partial charge in [-0.25, -0.2) is 4.39 Å². The summed E-state index contributed by atoms with van der Waals surface area (Å²) < 4.78 is 15.5. The zero-order chi connectivity index (χ0) is 21.5. The van der Waals surface area contributed by atoms with Crippen molar-refractivity contribution in [3.63, 3.8) is 0 Å². The van der Waals surface area contributed by atoms with Crippen LogP contribution in [0.5, 0.6) is 0 Å². The van der Waals surface area contributed by atoms with E-state index in [0.29, 0.717) is 17.5 Å². The molecule has 9 heteroatoms. The van der Waals surface area contributed by atoms with Crippen molar-refractivity contribution >= 4 is 29.3 Å². The van der Waals surface area contributed by atoms with E-state index in [1.807, 2.05) is 42.7 Å². The van der Waals surface area contributed by atoms with Crippen molar-refractivity contribution in [2.75, 3.05) is 11.1 Å². The van der Waals surface area contributed by atoms with Crippen LogP contribution in [0.3, 0.4) is 0 Å². The summed E-state index contributed by atoms with van der Waals surface area (Å²) >= 11 is 1.26. The summed E-state index contributed by atoms with van der Waals surface area (Å²) in [5.74, 6) is -0.547. The number of rotatable bonds is 8. The van der Waals surface area contributed by atoms with Crippen LogP contribution < -0.4 is 10.6 Å². The minimum absolute atomic E-state index is 0.0255. The zero-order valence-corrected chi connectivity index (χ0v) is 17.5. The first-order valence-corrected chi connectivity index (χ1v) is 10.4.